The molecule has 0 unspecified atom stereocenters. The second kappa shape index (κ2) is 14.6. The summed E-state index contributed by atoms with van der Waals surface area (Å²) in [6.07, 6.45) is -4.01. The van der Waals surface area contributed by atoms with Crippen LogP contribution in [0.1, 0.15) is 71.2 Å². The maximum absolute atomic E-state index is 13.7. The molecule has 0 aromatic heterocycles. The number of benzene rings is 2. The maximum atomic E-state index is 13.7. The van der Waals surface area contributed by atoms with Crippen LogP contribution >= 0.6 is 0 Å². The number of phenols is 1. The van der Waals surface area contributed by atoms with Crippen molar-refractivity contribution in [2.75, 3.05) is 7.11 Å². The van der Waals surface area contributed by atoms with Crippen molar-refractivity contribution in [3.8, 4) is 23.0 Å². The van der Waals surface area contributed by atoms with Crippen molar-refractivity contribution in [3.05, 3.63) is 51.6 Å². The predicted molar refractivity (Wildman–Crippen MR) is 168 cm³/mol. The van der Waals surface area contributed by atoms with Crippen LogP contribution in [0.5, 0.6) is 23.0 Å². The highest BCUT2D eigenvalue weighted by Crippen LogP contribution is 2.44. The number of nitro groups is 1. The Bertz CT molecular complexity index is 1650. The van der Waals surface area contributed by atoms with Gasteiger partial charge in [-0.05, 0) is 70.9 Å². The standard InChI is InChI=1S/C31H39N5O13/c1-30(2,3)48-28(42)22-15-11-18(37)25(46-7)20(12-15)47-19-9-8-14(10-17(19)36(44)45)24(39)23(35-29(43)49-31(4,5)6)27(41)33-16(13-21(32)38)26(40)34-22/h8-12,16,22-24,37,39H,13H2,1-7H3,(H2,32,38)(H,33,41)(H,34,40)(H,35,43)/t16-,22+,23+,24+/m0/s1. The normalized spacial score (nSPS) is 19.8. The molecule has 18 nitrogen and oxygen atoms in total. The predicted octanol–water partition coefficient (Wildman–Crippen LogP) is 1.90. The molecule has 0 radical (unpaired) electrons. The van der Waals surface area contributed by atoms with E-state index in [2.05, 4.69) is 16.0 Å². The minimum absolute atomic E-state index is 0.161. The molecule has 4 bridgehead atoms. The third kappa shape index (κ3) is 9.92. The zero-order chi connectivity index (χ0) is 37.0. The van der Waals surface area contributed by atoms with Crippen LogP contribution in [0.4, 0.5) is 10.5 Å². The molecule has 2 aliphatic heterocycles. The van der Waals surface area contributed by atoms with Gasteiger partial charge >= 0.3 is 17.7 Å². The van der Waals surface area contributed by atoms with E-state index in [9.17, 15) is 44.3 Å². The van der Waals surface area contributed by atoms with Gasteiger partial charge in [0.05, 0.1) is 18.5 Å². The van der Waals surface area contributed by atoms with Crippen LogP contribution in [0.15, 0.2) is 30.3 Å². The molecule has 18 heteroatoms. The average Bonchev–Trinajstić information content (AvgIpc) is 2.95. The van der Waals surface area contributed by atoms with Gasteiger partial charge in [-0.1, -0.05) is 6.07 Å². The van der Waals surface area contributed by atoms with Gasteiger partial charge in [0.2, 0.25) is 29.2 Å². The molecule has 0 fully saturated rings. The van der Waals surface area contributed by atoms with E-state index in [-0.39, 0.29) is 22.6 Å². The molecular formula is C31H39N5O13. The lowest BCUT2D eigenvalue weighted by Gasteiger charge is -2.29. The number of nitro benzene ring substituents is 1. The molecular weight excluding hydrogens is 650 g/mol. The van der Waals surface area contributed by atoms with Gasteiger partial charge in [0.1, 0.15) is 29.4 Å². The summed E-state index contributed by atoms with van der Waals surface area (Å²) in [6, 6.07) is -0.226. The smallest absolute Gasteiger partial charge is 0.408 e. The Labute approximate surface area is 280 Å². The number of fused-ring (bicyclic) bond motifs is 9. The number of nitrogens with two attached hydrogens (primary N) is 1. The second-order valence-corrected chi connectivity index (χ2v) is 12.9. The summed E-state index contributed by atoms with van der Waals surface area (Å²) in [5, 5.41) is 41.1. The van der Waals surface area contributed by atoms with E-state index in [4.69, 9.17) is 24.7 Å². The van der Waals surface area contributed by atoms with Crippen molar-refractivity contribution in [1.29, 1.82) is 0 Å². The van der Waals surface area contributed by atoms with Crippen molar-refractivity contribution in [2.45, 2.75) is 83.4 Å². The van der Waals surface area contributed by atoms with Crippen molar-refractivity contribution in [3.63, 3.8) is 0 Å². The van der Waals surface area contributed by atoms with Gasteiger partial charge in [0.25, 0.3) is 0 Å². The molecule has 0 spiro atoms. The number of aliphatic hydroxyl groups is 1. The highest BCUT2D eigenvalue weighted by atomic mass is 16.6. The van der Waals surface area contributed by atoms with E-state index >= 15 is 0 Å². The first kappa shape index (κ1) is 37.8. The van der Waals surface area contributed by atoms with Crippen molar-refractivity contribution < 1.29 is 58.1 Å². The number of aromatic hydroxyl groups is 1. The molecule has 2 aliphatic rings. The number of amides is 4. The van der Waals surface area contributed by atoms with Gasteiger partial charge in [0, 0.05) is 6.07 Å². The molecule has 0 saturated carbocycles. The number of hydrogen-bond donors (Lipinski definition) is 6. The topological polar surface area (TPSA) is 268 Å². The summed E-state index contributed by atoms with van der Waals surface area (Å²) in [4.78, 5) is 76.9. The Morgan fingerprint density at radius 1 is 0.980 bits per heavy atom. The van der Waals surface area contributed by atoms with Crippen LogP contribution in [0, 0.1) is 10.1 Å². The molecule has 2 heterocycles. The number of aliphatic hydroxyl groups excluding tert-OH is 1. The van der Waals surface area contributed by atoms with Gasteiger partial charge in [-0.25, -0.2) is 9.59 Å². The lowest BCUT2D eigenvalue weighted by molar-refractivity contribution is -0.385. The molecule has 7 N–H and O–H groups in total. The number of phenolic OH excluding ortho intramolecular Hbond substituents is 1. The van der Waals surface area contributed by atoms with Crippen molar-refractivity contribution in [2.24, 2.45) is 5.73 Å². The summed E-state index contributed by atoms with van der Waals surface area (Å²) < 4.78 is 21.7. The Morgan fingerprint density at radius 2 is 1.61 bits per heavy atom. The van der Waals surface area contributed by atoms with E-state index in [0.29, 0.717) is 0 Å². The fraction of sp³-hybridized carbons (Fsp3) is 0.452. The van der Waals surface area contributed by atoms with Crippen LogP contribution in [-0.2, 0) is 28.7 Å². The van der Waals surface area contributed by atoms with Crippen LogP contribution in [0.2, 0.25) is 0 Å². The lowest BCUT2D eigenvalue weighted by Crippen LogP contribution is -2.57. The van der Waals surface area contributed by atoms with Crippen LogP contribution in [0.25, 0.3) is 0 Å². The Kier molecular flexibility index (Phi) is 11.3. The van der Waals surface area contributed by atoms with Gasteiger partial charge in [-0.15, -0.1) is 0 Å². The van der Waals surface area contributed by atoms with Gasteiger partial charge in [-0.3, -0.25) is 24.5 Å². The number of primary amides is 1. The molecule has 4 amide bonds. The minimum Gasteiger partial charge on any atom is -0.504 e. The summed E-state index contributed by atoms with van der Waals surface area (Å²) >= 11 is 0. The monoisotopic (exact) mass is 689 g/mol. The van der Waals surface area contributed by atoms with Crippen molar-refractivity contribution in [1.82, 2.24) is 16.0 Å². The minimum atomic E-state index is -2.01. The van der Waals surface area contributed by atoms with E-state index in [1.165, 1.54) is 27.9 Å². The third-order valence-electron chi connectivity index (χ3n) is 6.57. The first-order valence-electron chi connectivity index (χ1n) is 14.8. The number of alkyl carbamates (subject to hydrolysis) is 1. The number of carbonyl (C=O) groups is 5. The zero-order valence-electron chi connectivity index (χ0n) is 27.8. The van der Waals surface area contributed by atoms with Crippen molar-refractivity contribution >= 4 is 35.5 Å². The SMILES string of the molecule is COc1c(O)cc2cc1Oc1ccc(cc1[N+](=O)[O-])[C@@H](O)[C@@H](NC(=O)OC(C)(C)C)C(=O)N[C@@H](CC(N)=O)C(=O)N[C@H]2C(=O)OC(C)(C)C. The van der Waals surface area contributed by atoms with E-state index in [1.54, 1.807) is 20.8 Å². The lowest BCUT2D eigenvalue weighted by atomic mass is 9.99. The maximum Gasteiger partial charge on any atom is 0.408 e. The number of ether oxygens (including phenoxy) is 4. The summed E-state index contributed by atoms with van der Waals surface area (Å²) in [5.74, 6) is -6.18. The number of methoxy groups -OCH3 is 1. The zero-order valence-corrected chi connectivity index (χ0v) is 27.8. The van der Waals surface area contributed by atoms with Crippen LogP contribution in [-0.4, -0.2) is 75.3 Å². The number of esters is 1. The molecule has 266 valence electrons. The number of carbonyl (C=O) groups excluding carboxylic acids is 5. The van der Waals surface area contributed by atoms with E-state index < -0.39 is 93.7 Å². The average molecular weight is 690 g/mol. The third-order valence-corrected chi connectivity index (χ3v) is 6.57. The molecule has 4 atom stereocenters. The fourth-order valence-electron chi connectivity index (χ4n) is 4.59. The number of rotatable bonds is 6. The van der Waals surface area contributed by atoms with Gasteiger partial charge in [0.15, 0.2) is 17.5 Å². The molecule has 4 rings (SSSR count). The molecule has 2 aromatic carbocycles. The van der Waals surface area contributed by atoms with Crippen LogP contribution in [0.3, 0.4) is 0 Å². The largest absolute Gasteiger partial charge is 0.504 e. The first-order chi connectivity index (χ1) is 22.6. The highest BCUT2D eigenvalue weighted by Gasteiger charge is 2.38. The first-order valence-corrected chi connectivity index (χ1v) is 14.8. The Morgan fingerprint density at radius 3 is 2.16 bits per heavy atom. The molecule has 2 aromatic rings. The van der Waals surface area contributed by atoms with E-state index in [0.717, 1.165) is 30.3 Å². The number of nitrogens with one attached hydrogen (secondary N) is 3. The second-order valence-electron chi connectivity index (χ2n) is 12.9. The van der Waals surface area contributed by atoms with E-state index in [1.807, 2.05) is 0 Å². The number of hydrogen-bond acceptors (Lipinski definition) is 13. The number of nitrogens with zero attached hydrogens (tertiary/aromatic N) is 1. The quantitative estimate of drug-likeness (QED) is 0.144. The van der Waals surface area contributed by atoms with Gasteiger partial charge in [-0.2, -0.15) is 0 Å². The molecule has 0 saturated heterocycles. The summed E-state index contributed by atoms with van der Waals surface area (Å²) in [5.41, 5.74) is 2.07. The summed E-state index contributed by atoms with van der Waals surface area (Å²) in [7, 11) is 1.17. The Hall–Kier alpha value is -5.65. The van der Waals surface area contributed by atoms with Gasteiger partial charge < -0.3 is 50.8 Å². The van der Waals surface area contributed by atoms with Crippen LogP contribution < -0.4 is 31.2 Å². The Balaban J connectivity index is 2.32. The molecule has 0 aliphatic carbocycles. The molecule has 49 heavy (non-hydrogen) atoms. The summed E-state index contributed by atoms with van der Waals surface area (Å²) in [6.45, 7) is 9.23. The fourth-order valence-corrected chi connectivity index (χ4v) is 4.59. The highest BCUT2D eigenvalue weighted by molar-refractivity contribution is 5.96.